The number of hydrogen-bond acceptors (Lipinski definition) is 6. The lowest BCUT2D eigenvalue weighted by molar-refractivity contribution is -0.385. The molecule has 1 rings (SSSR count). The van der Waals surface area contributed by atoms with Crippen LogP contribution >= 0.6 is 0 Å². The lowest BCUT2D eigenvalue weighted by Crippen LogP contribution is -2.21. The molecule has 0 aliphatic rings. The number of nitro groups is 1. The van der Waals surface area contributed by atoms with Gasteiger partial charge in [0, 0.05) is 0 Å². The van der Waals surface area contributed by atoms with Gasteiger partial charge >= 0.3 is 18.0 Å². The van der Waals surface area contributed by atoms with E-state index >= 15 is 0 Å². The zero-order valence-electron chi connectivity index (χ0n) is 10.4. The molecule has 20 heavy (non-hydrogen) atoms. The number of pyridine rings is 1. The van der Waals surface area contributed by atoms with E-state index in [1.54, 1.807) is 0 Å². The molecule has 0 aliphatic carbocycles. The summed E-state index contributed by atoms with van der Waals surface area (Å²) in [6, 6.07) is 0. The Morgan fingerprint density at radius 3 is 2.55 bits per heavy atom. The van der Waals surface area contributed by atoms with Gasteiger partial charge in [-0.25, -0.2) is 4.79 Å². The Hall–Kier alpha value is -2.39. The summed E-state index contributed by atoms with van der Waals surface area (Å²) in [4.78, 5) is 24.8. The summed E-state index contributed by atoms with van der Waals surface area (Å²) in [6.45, 7) is 2.36. The van der Waals surface area contributed by atoms with E-state index in [0.717, 1.165) is 6.92 Å². The number of aromatic nitrogens is 1. The van der Waals surface area contributed by atoms with Crippen molar-refractivity contribution in [1.82, 2.24) is 4.98 Å². The third-order valence-corrected chi connectivity index (χ3v) is 2.09. The molecule has 0 aliphatic heterocycles. The number of nitrogens with zero attached hydrogens (tertiary/aromatic N) is 2. The first-order valence-electron chi connectivity index (χ1n) is 5.24. The molecule has 0 saturated heterocycles. The number of carbonyl (C=O) groups is 1. The number of rotatable bonds is 4. The number of ether oxygens (including phenoxy) is 2. The molecular formula is C10H9F3N2O5. The number of carbonyl (C=O) groups excluding carboxylic acids is 1. The molecule has 0 radical (unpaired) electrons. The fourth-order valence-electron chi connectivity index (χ4n) is 1.36. The Bertz CT molecular complexity index is 544. The molecule has 0 amide bonds. The number of alkyl halides is 3. The third kappa shape index (κ3) is 3.56. The quantitative estimate of drug-likeness (QED) is 0.481. The van der Waals surface area contributed by atoms with Gasteiger partial charge in [0.15, 0.2) is 11.3 Å². The van der Waals surface area contributed by atoms with Crippen molar-refractivity contribution < 1.29 is 32.4 Å². The summed E-state index contributed by atoms with van der Waals surface area (Å²) in [5.41, 5.74) is -2.16. The van der Waals surface area contributed by atoms with Gasteiger partial charge in [-0.1, -0.05) is 0 Å². The van der Waals surface area contributed by atoms with Crippen LogP contribution in [-0.2, 0) is 4.74 Å². The summed E-state index contributed by atoms with van der Waals surface area (Å²) in [5, 5.41) is 10.8. The second-order valence-electron chi connectivity index (χ2n) is 3.46. The topological polar surface area (TPSA) is 91.6 Å². The van der Waals surface area contributed by atoms with Crippen LogP contribution in [0.1, 0.15) is 23.0 Å². The van der Waals surface area contributed by atoms with E-state index in [0.29, 0.717) is 6.20 Å². The summed E-state index contributed by atoms with van der Waals surface area (Å²) in [6.07, 6.45) is -4.45. The monoisotopic (exact) mass is 294 g/mol. The Morgan fingerprint density at radius 2 is 2.10 bits per heavy atom. The standard InChI is InChI=1S/C10H9F3N2O5/c1-3-19-9(16)7-6(15(17)18)4-14-5(2)8(7)20-10(11,12)13/h4H,3H2,1-2H3. The van der Waals surface area contributed by atoms with Gasteiger partial charge in [0.05, 0.1) is 17.2 Å². The van der Waals surface area contributed by atoms with E-state index in [1.807, 2.05) is 0 Å². The minimum Gasteiger partial charge on any atom is -0.462 e. The van der Waals surface area contributed by atoms with Gasteiger partial charge in [-0.15, -0.1) is 13.2 Å². The molecular weight excluding hydrogens is 285 g/mol. The van der Waals surface area contributed by atoms with E-state index < -0.39 is 34.3 Å². The maximum absolute atomic E-state index is 12.3. The van der Waals surface area contributed by atoms with Crippen molar-refractivity contribution >= 4 is 11.7 Å². The SMILES string of the molecule is CCOC(=O)c1c([N+](=O)[O-])cnc(C)c1OC(F)(F)F. The van der Waals surface area contributed by atoms with Crippen molar-refractivity contribution in [1.29, 1.82) is 0 Å². The van der Waals surface area contributed by atoms with Crippen LogP contribution in [0.2, 0.25) is 0 Å². The highest BCUT2D eigenvalue weighted by Crippen LogP contribution is 2.34. The van der Waals surface area contributed by atoms with E-state index in [2.05, 4.69) is 14.5 Å². The predicted octanol–water partition coefficient (Wildman–Crippen LogP) is 2.37. The summed E-state index contributed by atoms with van der Waals surface area (Å²) < 4.78 is 45.1. The van der Waals surface area contributed by atoms with E-state index in [-0.39, 0.29) is 12.3 Å². The first-order chi connectivity index (χ1) is 9.17. The molecule has 0 saturated carbocycles. The van der Waals surface area contributed by atoms with Gasteiger partial charge in [-0.3, -0.25) is 15.1 Å². The van der Waals surface area contributed by atoms with E-state index in [1.165, 1.54) is 6.92 Å². The maximum atomic E-state index is 12.3. The van der Waals surface area contributed by atoms with Crippen LogP contribution in [0, 0.1) is 17.0 Å². The van der Waals surface area contributed by atoms with Gasteiger partial charge in [0.1, 0.15) is 6.20 Å². The Morgan fingerprint density at radius 1 is 1.50 bits per heavy atom. The van der Waals surface area contributed by atoms with Crippen LogP contribution in [0.15, 0.2) is 6.20 Å². The van der Waals surface area contributed by atoms with E-state index in [9.17, 15) is 28.1 Å². The Labute approximate surface area is 110 Å². The average molecular weight is 294 g/mol. The van der Waals surface area contributed by atoms with E-state index in [4.69, 9.17) is 0 Å². The first-order valence-corrected chi connectivity index (χ1v) is 5.24. The number of aryl methyl sites for hydroxylation is 1. The van der Waals surface area contributed by atoms with Crippen molar-refractivity contribution in [2.24, 2.45) is 0 Å². The summed E-state index contributed by atoms with van der Waals surface area (Å²) >= 11 is 0. The van der Waals surface area contributed by atoms with Crippen molar-refractivity contribution in [2.75, 3.05) is 6.61 Å². The lowest BCUT2D eigenvalue weighted by atomic mass is 10.1. The molecule has 0 bridgehead atoms. The highest BCUT2D eigenvalue weighted by Gasteiger charge is 2.37. The van der Waals surface area contributed by atoms with Crippen molar-refractivity contribution in [3.8, 4) is 5.75 Å². The van der Waals surface area contributed by atoms with Gasteiger partial charge < -0.3 is 9.47 Å². The van der Waals surface area contributed by atoms with Gasteiger partial charge in [-0.05, 0) is 13.8 Å². The average Bonchev–Trinajstić information content (AvgIpc) is 2.29. The van der Waals surface area contributed by atoms with Crippen molar-refractivity contribution in [2.45, 2.75) is 20.2 Å². The maximum Gasteiger partial charge on any atom is 0.573 e. The van der Waals surface area contributed by atoms with Crippen LogP contribution in [0.3, 0.4) is 0 Å². The molecule has 0 fully saturated rings. The van der Waals surface area contributed by atoms with Crippen molar-refractivity contribution in [3.63, 3.8) is 0 Å². The van der Waals surface area contributed by atoms with Crippen LogP contribution in [0.5, 0.6) is 5.75 Å². The summed E-state index contributed by atoms with van der Waals surface area (Å²) in [5.74, 6) is -2.32. The zero-order valence-corrected chi connectivity index (χ0v) is 10.4. The van der Waals surface area contributed by atoms with Crippen LogP contribution in [0.25, 0.3) is 0 Å². The minimum absolute atomic E-state index is 0.164. The second-order valence-corrected chi connectivity index (χ2v) is 3.46. The number of halogens is 3. The molecule has 0 atom stereocenters. The lowest BCUT2D eigenvalue weighted by Gasteiger charge is -2.14. The molecule has 0 N–H and O–H groups in total. The van der Waals surface area contributed by atoms with Crippen LogP contribution in [0.4, 0.5) is 18.9 Å². The molecule has 0 unspecified atom stereocenters. The van der Waals surface area contributed by atoms with Crippen LogP contribution < -0.4 is 4.74 Å². The first kappa shape index (κ1) is 15.7. The fourth-order valence-corrected chi connectivity index (χ4v) is 1.36. The Kier molecular flexibility index (Phi) is 4.48. The predicted molar refractivity (Wildman–Crippen MR) is 58.3 cm³/mol. The normalized spacial score (nSPS) is 11.1. The fraction of sp³-hybridized carbons (Fsp3) is 0.400. The van der Waals surface area contributed by atoms with Gasteiger partial charge in [0.25, 0.3) is 0 Å². The smallest absolute Gasteiger partial charge is 0.462 e. The van der Waals surface area contributed by atoms with Gasteiger partial charge in [-0.2, -0.15) is 0 Å². The zero-order chi connectivity index (χ0) is 15.5. The highest BCUT2D eigenvalue weighted by molar-refractivity contribution is 5.97. The summed E-state index contributed by atoms with van der Waals surface area (Å²) in [7, 11) is 0. The molecule has 1 aromatic rings. The molecule has 1 heterocycles. The largest absolute Gasteiger partial charge is 0.573 e. The highest BCUT2D eigenvalue weighted by atomic mass is 19.4. The Balaban J connectivity index is 3.49. The van der Waals surface area contributed by atoms with Crippen LogP contribution in [-0.4, -0.2) is 28.8 Å². The second kappa shape index (κ2) is 5.72. The third-order valence-electron chi connectivity index (χ3n) is 2.09. The molecule has 1 aromatic heterocycles. The molecule has 10 heteroatoms. The molecule has 0 spiro atoms. The molecule has 7 nitrogen and oxygen atoms in total. The van der Waals surface area contributed by atoms with Gasteiger partial charge in [0.2, 0.25) is 0 Å². The van der Waals surface area contributed by atoms with Crippen molar-refractivity contribution in [3.05, 3.63) is 27.6 Å². The molecule has 110 valence electrons. The minimum atomic E-state index is -5.12. The number of esters is 1. The number of hydrogen-bond donors (Lipinski definition) is 0. The molecule has 0 aromatic carbocycles.